The summed E-state index contributed by atoms with van der Waals surface area (Å²) in [7, 11) is 1.45. The molecule has 0 radical (unpaired) electrons. The van der Waals surface area contributed by atoms with Gasteiger partial charge >= 0.3 is 0 Å². The second-order valence-corrected chi connectivity index (χ2v) is 8.56. The van der Waals surface area contributed by atoms with E-state index in [-0.39, 0.29) is 33.8 Å². The van der Waals surface area contributed by atoms with Crippen LogP contribution in [0.25, 0.3) is 11.0 Å². The van der Waals surface area contributed by atoms with Crippen molar-refractivity contribution in [3.63, 3.8) is 0 Å². The lowest BCUT2D eigenvalue weighted by molar-refractivity contribution is 0.102. The number of halogens is 3. The summed E-state index contributed by atoms with van der Waals surface area (Å²) in [4.78, 5) is 28.7. The molecular weight excluding hydrogens is 439 g/mol. The van der Waals surface area contributed by atoms with Gasteiger partial charge in [-0.2, -0.15) is 0 Å². The molecule has 1 N–H and O–H groups in total. The lowest BCUT2D eigenvalue weighted by Gasteiger charge is -2.13. The minimum atomic E-state index is -2.88. The SMILES string of the molecule is COc1cnc2nc(C(F)F)nc(SCC(=O)c3cnc(C4(F)CCNC4)s3)c2c1. The molecule has 1 saturated heterocycles. The number of rotatable bonds is 7. The Morgan fingerprint density at radius 2 is 2.20 bits per heavy atom. The van der Waals surface area contributed by atoms with Crippen molar-refractivity contribution in [1.82, 2.24) is 25.3 Å². The van der Waals surface area contributed by atoms with Crippen LogP contribution < -0.4 is 10.1 Å². The Hall–Kier alpha value is -2.31. The predicted molar refractivity (Wildman–Crippen MR) is 106 cm³/mol. The molecule has 7 nitrogen and oxygen atoms in total. The largest absolute Gasteiger partial charge is 0.495 e. The lowest BCUT2D eigenvalue weighted by atomic mass is 10.1. The molecule has 30 heavy (non-hydrogen) atoms. The molecule has 1 fully saturated rings. The van der Waals surface area contributed by atoms with Crippen molar-refractivity contribution in [1.29, 1.82) is 0 Å². The van der Waals surface area contributed by atoms with Crippen molar-refractivity contribution in [3.8, 4) is 5.75 Å². The van der Waals surface area contributed by atoms with E-state index in [1.807, 2.05) is 0 Å². The highest BCUT2D eigenvalue weighted by molar-refractivity contribution is 8.00. The van der Waals surface area contributed by atoms with Crippen LogP contribution in [-0.4, -0.2) is 51.7 Å². The van der Waals surface area contributed by atoms with Crippen LogP contribution in [0.15, 0.2) is 23.5 Å². The Labute approximate surface area is 177 Å². The molecule has 0 spiro atoms. The van der Waals surface area contributed by atoms with Gasteiger partial charge in [-0.05, 0) is 12.6 Å². The van der Waals surface area contributed by atoms with Crippen LogP contribution in [0.3, 0.4) is 0 Å². The fraction of sp³-hybridized carbons (Fsp3) is 0.389. The van der Waals surface area contributed by atoms with Gasteiger partial charge in [0.05, 0.1) is 29.3 Å². The minimum Gasteiger partial charge on any atom is -0.495 e. The number of hydrogen-bond acceptors (Lipinski definition) is 9. The number of nitrogens with zero attached hydrogens (tertiary/aromatic N) is 4. The molecule has 0 saturated carbocycles. The molecular formula is C18H16F3N5O2S2. The number of alkyl halides is 3. The van der Waals surface area contributed by atoms with Crippen LogP contribution >= 0.6 is 23.1 Å². The molecule has 0 bridgehead atoms. The normalized spacial score (nSPS) is 19.0. The first kappa shape index (κ1) is 20.9. The average molecular weight is 455 g/mol. The fourth-order valence-electron chi connectivity index (χ4n) is 2.96. The molecule has 1 aliphatic rings. The lowest BCUT2D eigenvalue weighted by Crippen LogP contribution is -2.22. The number of methoxy groups -OCH3 is 1. The number of pyridine rings is 1. The zero-order valence-electron chi connectivity index (χ0n) is 15.7. The first-order valence-electron chi connectivity index (χ1n) is 8.91. The molecule has 4 heterocycles. The van der Waals surface area contributed by atoms with E-state index in [9.17, 15) is 18.0 Å². The number of aromatic nitrogens is 4. The van der Waals surface area contributed by atoms with Crippen LogP contribution in [0.2, 0.25) is 0 Å². The highest BCUT2D eigenvalue weighted by Crippen LogP contribution is 2.36. The van der Waals surface area contributed by atoms with Gasteiger partial charge in [0.15, 0.2) is 22.9 Å². The van der Waals surface area contributed by atoms with Gasteiger partial charge in [-0.15, -0.1) is 11.3 Å². The number of carbonyl (C=O) groups is 1. The number of fused-ring (bicyclic) bond motifs is 1. The van der Waals surface area contributed by atoms with E-state index in [0.717, 1.165) is 23.1 Å². The van der Waals surface area contributed by atoms with Gasteiger partial charge in [0, 0.05) is 19.2 Å². The maximum atomic E-state index is 14.8. The van der Waals surface area contributed by atoms with Crippen molar-refractivity contribution in [2.24, 2.45) is 0 Å². The van der Waals surface area contributed by atoms with E-state index < -0.39 is 17.9 Å². The minimum absolute atomic E-state index is 0.0782. The number of ether oxygens (including phenoxy) is 1. The number of thiazole rings is 1. The van der Waals surface area contributed by atoms with Crippen LogP contribution in [-0.2, 0) is 5.67 Å². The van der Waals surface area contributed by atoms with Gasteiger partial charge in [-0.25, -0.2) is 33.1 Å². The second kappa shape index (κ2) is 8.44. The highest BCUT2D eigenvalue weighted by Gasteiger charge is 2.38. The maximum absolute atomic E-state index is 14.8. The van der Waals surface area contributed by atoms with E-state index in [4.69, 9.17) is 4.74 Å². The summed E-state index contributed by atoms with van der Waals surface area (Å²) in [6, 6.07) is 1.58. The molecule has 1 atom stereocenters. The zero-order valence-corrected chi connectivity index (χ0v) is 17.3. The predicted octanol–water partition coefficient (Wildman–Crippen LogP) is 3.56. The van der Waals surface area contributed by atoms with Crippen molar-refractivity contribution < 1.29 is 22.7 Å². The molecule has 3 aromatic heterocycles. The summed E-state index contributed by atoms with van der Waals surface area (Å²) in [6.45, 7) is 0.723. The Bertz CT molecular complexity index is 1090. The molecule has 1 aliphatic heterocycles. The quantitative estimate of drug-likeness (QED) is 0.329. The summed E-state index contributed by atoms with van der Waals surface area (Å²) in [5, 5.41) is 3.81. The van der Waals surface area contributed by atoms with Crippen LogP contribution in [0.4, 0.5) is 13.2 Å². The van der Waals surface area contributed by atoms with E-state index in [1.54, 1.807) is 6.07 Å². The van der Waals surface area contributed by atoms with Gasteiger partial charge in [0.1, 0.15) is 15.8 Å². The zero-order chi connectivity index (χ0) is 21.3. The standard InChI is InChI=1S/C18H16F3N5O2S2/c1-28-9-4-10-14(23-5-9)25-15(13(19)20)26-16(10)29-7-11(27)12-6-24-17(30-12)18(21)2-3-22-8-18/h4-6,13,22H,2-3,7-8H2,1H3. The van der Waals surface area contributed by atoms with Crippen LogP contribution in [0.5, 0.6) is 5.75 Å². The Balaban J connectivity index is 1.57. The van der Waals surface area contributed by atoms with Crippen LogP contribution in [0, 0.1) is 0 Å². The number of thioether (sulfide) groups is 1. The molecule has 0 aliphatic carbocycles. The molecule has 0 aromatic carbocycles. The number of ketones is 1. The van der Waals surface area contributed by atoms with Gasteiger partial charge in [0.2, 0.25) is 0 Å². The summed E-state index contributed by atoms with van der Waals surface area (Å²) in [5.41, 5.74) is -1.47. The van der Waals surface area contributed by atoms with Crippen molar-refractivity contribution in [3.05, 3.63) is 34.2 Å². The monoisotopic (exact) mass is 455 g/mol. The van der Waals surface area contributed by atoms with Crippen molar-refractivity contribution in [2.75, 3.05) is 26.0 Å². The molecule has 158 valence electrons. The molecule has 1 unspecified atom stereocenters. The third-order valence-electron chi connectivity index (χ3n) is 4.55. The van der Waals surface area contributed by atoms with Gasteiger partial charge in [-0.1, -0.05) is 11.8 Å². The average Bonchev–Trinajstić information content (AvgIpc) is 3.41. The van der Waals surface area contributed by atoms with E-state index in [1.165, 1.54) is 19.5 Å². The van der Waals surface area contributed by atoms with Gasteiger partial charge < -0.3 is 10.1 Å². The number of hydrogen-bond donors (Lipinski definition) is 1. The first-order valence-corrected chi connectivity index (χ1v) is 10.7. The Morgan fingerprint density at radius 1 is 1.37 bits per heavy atom. The Morgan fingerprint density at radius 3 is 2.90 bits per heavy atom. The third-order valence-corrected chi connectivity index (χ3v) is 6.76. The van der Waals surface area contributed by atoms with Crippen molar-refractivity contribution >= 4 is 39.9 Å². The summed E-state index contributed by atoms with van der Waals surface area (Å²) in [5.74, 6) is -0.622. The number of carbonyl (C=O) groups excluding carboxylic acids is 1. The Kier molecular flexibility index (Phi) is 5.89. The molecule has 4 rings (SSSR count). The number of Topliss-reactive ketones (excluding diaryl/α,β-unsaturated/α-hetero) is 1. The van der Waals surface area contributed by atoms with Crippen LogP contribution in [0.1, 0.15) is 33.3 Å². The molecule has 0 amide bonds. The van der Waals surface area contributed by atoms with E-state index in [2.05, 4.69) is 25.3 Å². The fourth-order valence-corrected chi connectivity index (χ4v) is 4.90. The van der Waals surface area contributed by atoms with Crippen molar-refractivity contribution in [2.45, 2.75) is 23.5 Å². The summed E-state index contributed by atoms with van der Waals surface area (Å²) < 4.78 is 46.3. The van der Waals surface area contributed by atoms with E-state index >= 15 is 0 Å². The van der Waals surface area contributed by atoms with E-state index in [0.29, 0.717) is 29.0 Å². The van der Waals surface area contributed by atoms with Gasteiger partial charge in [0.25, 0.3) is 6.43 Å². The first-order chi connectivity index (χ1) is 14.4. The maximum Gasteiger partial charge on any atom is 0.297 e. The highest BCUT2D eigenvalue weighted by atomic mass is 32.2. The number of nitrogens with one attached hydrogen (secondary N) is 1. The smallest absolute Gasteiger partial charge is 0.297 e. The summed E-state index contributed by atoms with van der Waals surface area (Å²) >= 11 is 2.00. The summed E-state index contributed by atoms with van der Waals surface area (Å²) in [6.07, 6.45) is 0.156. The third kappa shape index (κ3) is 4.12. The van der Waals surface area contributed by atoms with Gasteiger partial charge in [-0.3, -0.25) is 4.79 Å². The molecule has 3 aromatic rings. The second-order valence-electron chi connectivity index (χ2n) is 6.57. The molecule has 12 heteroatoms. The topological polar surface area (TPSA) is 89.9 Å².